The molecular weight excluding hydrogens is 295 g/mol. The van der Waals surface area contributed by atoms with Crippen molar-refractivity contribution in [1.82, 2.24) is 10.3 Å². The molecule has 0 aliphatic carbocycles. The van der Waals surface area contributed by atoms with E-state index in [1.807, 2.05) is 32.2 Å². The molecule has 2 rings (SSSR count). The molecule has 0 aliphatic rings. The van der Waals surface area contributed by atoms with Gasteiger partial charge in [0.2, 0.25) is 0 Å². The second-order valence-corrected chi connectivity index (χ2v) is 5.00. The molecular formula is C14H14BrFN2. The van der Waals surface area contributed by atoms with Crippen LogP contribution in [0.25, 0.3) is 0 Å². The smallest absolute Gasteiger partial charge is 0.146 e. The van der Waals surface area contributed by atoms with Crippen molar-refractivity contribution in [3.8, 4) is 0 Å². The fraction of sp³-hybridized carbons (Fsp3) is 0.214. The Morgan fingerprint density at radius 3 is 2.67 bits per heavy atom. The second kappa shape index (κ2) is 5.59. The van der Waals surface area contributed by atoms with E-state index >= 15 is 0 Å². The first kappa shape index (κ1) is 13.2. The monoisotopic (exact) mass is 308 g/mol. The van der Waals surface area contributed by atoms with Gasteiger partial charge in [-0.05, 0) is 37.2 Å². The van der Waals surface area contributed by atoms with Crippen LogP contribution in [0.3, 0.4) is 0 Å². The van der Waals surface area contributed by atoms with E-state index in [1.54, 1.807) is 12.3 Å². The topological polar surface area (TPSA) is 24.9 Å². The highest BCUT2D eigenvalue weighted by Crippen LogP contribution is 2.30. The third-order valence-electron chi connectivity index (χ3n) is 2.87. The van der Waals surface area contributed by atoms with Gasteiger partial charge >= 0.3 is 0 Å². The third-order valence-corrected chi connectivity index (χ3v) is 3.56. The van der Waals surface area contributed by atoms with Gasteiger partial charge in [-0.25, -0.2) is 4.39 Å². The summed E-state index contributed by atoms with van der Waals surface area (Å²) in [5.74, 6) is -0.302. The summed E-state index contributed by atoms with van der Waals surface area (Å²) >= 11 is 3.53. The Bertz CT molecular complexity index is 557. The lowest BCUT2D eigenvalue weighted by molar-refractivity contribution is 0.570. The number of rotatable bonds is 3. The Hall–Kier alpha value is -1.26. The molecule has 1 heterocycles. The summed E-state index contributed by atoms with van der Waals surface area (Å²) in [5, 5.41) is 3.14. The molecule has 94 valence electrons. The largest absolute Gasteiger partial charge is 0.309 e. The van der Waals surface area contributed by atoms with E-state index in [0.29, 0.717) is 5.56 Å². The van der Waals surface area contributed by atoms with Gasteiger partial charge in [0.05, 0.1) is 12.2 Å². The minimum atomic E-state index is -0.302. The Labute approximate surface area is 114 Å². The normalized spacial score (nSPS) is 12.4. The minimum absolute atomic E-state index is 0.192. The van der Waals surface area contributed by atoms with Crippen molar-refractivity contribution in [3.05, 3.63) is 63.6 Å². The van der Waals surface area contributed by atoms with E-state index < -0.39 is 0 Å². The van der Waals surface area contributed by atoms with Crippen LogP contribution in [0, 0.1) is 12.7 Å². The van der Waals surface area contributed by atoms with Crippen molar-refractivity contribution in [2.75, 3.05) is 7.05 Å². The van der Waals surface area contributed by atoms with E-state index in [4.69, 9.17) is 0 Å². The quantitative estimate of drug-likeness (QED) is 0.937. The zero-order valence-corrected chi connectivity index (χ0v) is 11.8. The van der Waals surface area contributed by atoms with Crippen molar-refractivity contribution in [2.45, 2.75) is 13.0 Å². The Morgan fingerprint density at radius 1 is 1.28 bits per heavy atom. The first-order valence-corrected chi connectivity index (χ1v) is 6.45. The van der Waals surface area contributed by atoms with Gasteiger partial charge in [0.15, 0.2) is 0 Å². The fourth-order valence-electron chi connectivity index (χ4n) is 1.96. The second-order valence-electron chi connectivity index (χ2n) is 4.14. The Balaban J connectivity index is 2.49. The molecule has 0 bridgehead atoms. The predicted octanol–water partition coefficient (Wildman–Crippen LogP) is 3.60. The summed E-state index contributed by atoms with van der Waals surface area (Å²) in [4.78, 5) is 3.78. The van der Waals surface area contributed by atoms with Gasteiger partial charge in [0, 0.05) is 16.2 Å². The average Bonchev–Trinajstić information content (AvgIpc) is 2.34. The molecule has 18 heavy (non-hydrogen) atoms. The highest BCUT2D eigenvalue weighted by Gasteiger charge is 2.18. The summed E-state index contributed by atoms with van der Waals surface area (Å²) in [6, 6.07) is 7.55. The van der Waals surface area contributed by atoms with Gasteiger partial charge in [-0.15, -0.1) is 0 Å². The SMILES string of the molecule is CNC(c1ccncc1F)c1ccc(C)cc1Br. The highest BCUT2D eigenvalue weighted by molar-refractivity contribution is 9.10. The fourth-order valence-corrected chi connectivity index (χ4v) is 2.69. The summed E-state index contributed by atoms with van der Waals surface area (Å²) in [5.41, 5.74) is 2.76. The zero-order chi connectivity index (χ0) is 13.1. The lowest BCUT2D eigenvalue weighted by Crippen LogP contribution is -2.19. The van der Waals surface area contributed by atoms with Crippen LogP contribution in [-0.2, 0) is 0 Å². The summed E-state index contributed by atoms with van der Waals surface area (Å²) < 4.78 is 14.8. The Kier molecular flexibility index (Phi) is 4.09. The number of hydrogen-bond acceptors (Lipinski definition) is 2. The molecule has 1 aromatic carbocycles. The molecule has 1 atom stereocenters. The van der Waals surface area contributed by atoms with Gasteiger partial charge in [-0.3, -0.25) is 4.98 Å². The van der Waals surface area contributed by atoms with Crippen LogP contribution in [0.1, 0.15) is 22.7 Å². The Morgan fingerprint density at radius 2 is 2.06 bits per heavy atom. The average molecular weight is 309 g/mol. The van der Waals surface area contributed by atoms with E-state index in [2.05, 4.69) is 26.2 Å². The molecule has 1 N–H and O–H groups in total. The molecule has 0 amide bonds. The number of nitrogens with zero attached hydrogens (tertiary/aromatic N) is 1. The molecule has 0 saturated heterocycles. The van der Waals surface area contributed by atoms with Crippen molar-refractivity contribution < 1.29 is 4.39 Å². The zero-order valence-electron chi connectivity index (χ0n) is 10.2. The molecule has 0 fully saturated rings. The lowest BCUT2D eigenvalue weighted by atomic mass is 9.98. The molecule has 2 aromatic rings. The third kappa shape index (κ3) is 2.60. The standard InChI is InChI=1S/C14H14BrFN2/c1-9-3-4-10(12(15)7-9)14(17-2)11-5-6-18-8-13(11)16/h3-8,14,17H,1-2H3. The van der Waals surface area contributed by atoms with E-state index in [-0.39, 0.29) is 11.9 Å². The maximum absolute atomic E-state index is 13.8. The molecule has 2 nitrogen and oxygen atoms in total. The van der Waals surface area contributed by atoms with Crippen LogP contribution in [0.15, 0.2) is 41.1 Å². The molecule has 1 unspecified atom stereocenters. The van der Waals surface area contributed by atoms with Gasteiger partial charge in [0.1, 0.15) is 5.82 Å². The number of nitrogens with one attached hydrogen (secondary N) is 1. The van der Waals surface area contributed by atoms with E-state index in [0.717, 1.165) is 15.6 Å². The molecule has 0 saturated carbocycles. The molecule has 0 aliphatic heterocycles. The first-order chi connectivity index (χ1) is 8.63. The predicted molar refractivity (Wildman–Crippen MR) is 74.0 cm³/mol. The number of hydrogen-bond donors (Lipinski definition) is 1. The summed E-state index contributed by atoms with van der Waals surface area (Å²) in [7, 11) is 1.82. The van der Waals surface area contributed by atoms with Crippen molar-refractivity contribution in [2.24, 2.45) is 0 Å². The van der Waals surface area contributed by atoms with E-state index in [1.165, 1.54) is 6.20 Å². The van der Waals surface area contributed by atoms with Gasteiger partial charge < -0.3 is 5.32 Å². The number of benzene rings is 1. The minimum Gasteiger partial charge on any atom is -0.309 e. The molecule has 0 spiro atoms. The van der Waals surface area contributed by atoms with Crippen molar-refractivity contribution in [1.29, 1.82) is 0 Å². The van der Waals surface area contributed by atoms with E-state index in [9.17, 15) is 4.39 Å². The summed E-state index contributed by atoms with van der Waals surface area (Å²) in [6.07, 6.45) is 2.84. The van der Waals surface area contributed by atoms with Crippen molar-refractivity contribution >= 4 is 15.9 Å². The molecule has 1 aromatic heterocycles. The van der Waals surface area contributed by atoms with Crippen LogP contribution in [0.4, 0.5) is 4.39 Å². The maximum Gasteiger partial charge on any atom is 0.146 e. The number of halogens is 2. The lowest BCUT2D eigenvalue weighted by Gasteiger charge is -2.19. The van der Waals surface area contributed by atoms with Crippen LogP contribution >= 0.6 is 15.9 Å². The highest BCUT2D eigenvalue weighted by atomic mass is 79.9. The van der Waals surface area contributed by atoms with Crippen molar-refractivity contribution in [3.63, 3.8) is 0 Å². The van der Waals surface area contributed by atoms with Gasteiger partial charge in [-0.1, -0.05) is 28.1 Å². The van der Waals surface area contributed by atoms with Crippen LogP contribution in [0.2, 0.25) is 0 Å². The molecule has 0 radical (unpaired) electrons. The van der Waals surface area contributed by atoms with Gasteiger partial charge in [0.25, 0.3) is 0 Å². The first-order valence-electron chi connectivity index (χ1n) is 5.66. The van der Waals surface area contributed by atoms with Crippen LogP contribution < -0.4 is 5.32 Å². The van der Waals surface area contributed by atoms with Crippen LogP contribution in [-0.4, -0.2) is 12.0 Å². The number of pyridine rings is 1. The van der Waals surface area contributed by atoms with Gasteiger partial charge in [-0.2, -0.15) is 0 Å². The van der Waals surface area contributed by atoms with Crippen LogP contribution in [0.5, 0.6) is 0 Å². The number of aryl methyl sites for hydroxylation is 1. The summed E-state index contributed by atoms with van der Waals surface area (Å²) in [6.45, 7) is 2.02. The molecule has 4 heteroatoms. The number of aromatic nitrogens is 1. The maximum atomic E-state index is 13.8.